The maximum atomic E-state index is 11.0. The first-order chi connectivity index (χ1) is 9.36. The van der Waals surface area contributed by atoms with Crippen molar-refractivity contribution >= 4 is 52.7 Å². The van der Waals surface area contributed by atoms with Gasteiger partial charge in [0.2, 0.25) is 0 Å². The fraction of sp³-hybridized carbons (Fsp3) is 0.727. The van der Waals surface area contributed by atoms with E-state index in [1.807, 2.05) is 0 Å². The average molecular weight is 350 g/mol. The van der Waals surface area contributed by atoms with Gasteiger partial charge in [0, 0.05) is 0 Å². The maximum absolute atomic E-state index is 11.0. The Morgan fingerprint density at radius 3 is 1.20 bits per heavy atom. The molecule has 0 aromatic heterocycles. The van der Waals surface area contributed by atoms with E-state index in [1.165, 1.54) is 0 Å². The van der Waals surface area contributed by atoms with Gasteiger partial charge in [-0.25, -0.2) is 0 Å². The molecule has 0 atom stereocenters. The van der Waals surface area contributed by atoms with Crippen LogP contribution in [0.25, 0.3) is 0 Å². The van der Waals surface area contributed by atoms with Crippen molar-refractivity contribution in [1.29, 1.82) is 0 Å². The van der Waals surface area contributed by atoms with E-state index in [1.54, 1.807) is 6.92 Å². The SMILES string of the molecule is CC(COC(=O)CCl)(COC(=O)CCl)COC(=O)CCl. The molecule has 0 heterocycles. The Kier molecular flexibility index (Phi) is 9.71. The number of rotatable bonds is 9. The van der Waals surface area contributed by atoms with Crippen molar-refractivity contribution in [1.82, 2.24) is 0 Å². The van der Waals surface area contributed by atoms with E-state index in [4.69, 9.17) is 49.0 Å². The van der Waals surface area contributed by atoms with Gasteiger partial charge in [-0.3, -0.25) is 14.4 Å². The quantitative estimate of drug-likeness (QED) is 0.355. The average Bonchev–Trinajstić information content (AvgIpc) is 2.47. The minimum absolute atomic E-state index is 0.135. The Morgan fingerprint density at radius 1 is 0.750 bits per heavy atom. The molecule has 20 heavy (non-hydrogen) atoms. The minimum atomic E-state index is -0.912. The standard InChI is InChI=1S/C11H15Cl3O6/c1-11(5-18-8(15)2-12,6-19-9(16)3-13)7-20-10(17)4-14/h2-7H2,1H3. The lowest BCUT2D eigenvalue weighted by molar-refractivity contribution is -0.157. The lowest BCUT2D eigenvalue weighted by Crippen LogP contribution is -2.37. The second-order valence-corrected chi connectivity index (χ2v) is 5.00. The summed E-state index contributed by atoms with van der Waals surface area (Å²) in [6, 6.07) is 0. The number of carbonyl (C=O) groups is 3. The number of carbonyl (C=O) groups excluding carboxylic acids is 3. The molecule has 0 amide bonds. The van der Waals surface area contributed by atoms with Crippen LogP contribution >= 0.6 is 34.8 Å². The highest BCUT2D eigenvalue weighted by molar-refractivity contribution is 6.27. The molecule has 0 bridgehead atoms. The lowest BCUT2D eigenvalue weighted by Gasteiger charge is -2.27. The van der Waals surface area contributed by atoms with Crippen molar-refractivity contribution in [2.75, 3.05) is 37.5 Å². The molecule has 0 aliphatic carbocycles. The predicted octanol–water partition coefficient (Wildman–Crippen LogP) is 1.34. The first-order valence-electron chi connectivity index (χ1n) is 5.51. The Morgan fingerprint density at radius 2 is 1.00 bits per heavy atom. The van der Waals surface area contributed by atoms with Gasteiger partial charge in [0.25, 0.3) is 0 Å². The first-order valence-corrected chi connectivity index (χ1v) is 7.12. The molecule has 0 spiro atoms. The fourth-order valence-electron chi connectivity index (χ4n) is 1.00. The van der Waals surface area contributed by atoms with Crippen molar-refractivity contribution in [3.63, 3.8) is 0 Å². The van der Waals surface area contributed by atoms with Crippen LogP contribution in [0.2, 0.25) is 0 Å². The first kappa shape index (κ1) is 19.3. The summed E-state index contributed by atoms with van der Waals surface area (Å²) in [4.78, 5) is 33.1. The second kappa shape index (κ2) is 10.1. The molecular weight excluding hydrogens is 334 g/mol. The number of ether oxygens (including phenoxy) is 3. The third-order valence-corrected chi connectivity index (χ3v) is 2.73. The van der Waals surface area contributed by atoms with Gasteiger partial charge in [0.1, 0.15) is 37.5 Å². The van der Waals surface area contributed by atoms with Crippen LogP contribution in [-0.4, -0.2) is 55.4 Å². The summed E-state index contributed by atoms with van der Waals surface area (Å²) in [6.07, 6.45) is 0. The highest BCUT2D eigenvalue weighted by Crippen LogP contribution is 2.19. The summed E-state index contributed by atoms with van der Waals surface area (Å²) in [6.45, 7) is 1.20. The zero-order chi connectivity index (χ0) is 15.6. The van der Waals surface area contributed by atoms with E-state index in [0.29, 0.717) is 0 Å². The number of hydrogen-bond acceptors (Lipinski definition) is 6. The van der Waals surface area contributed by atoms with E-state index < -0.39 is 23.3 Å². The Hall–Kier alpha value is -0.720. The summed E-state index contributed by atoms with van der Waals surface area (Å²) in [7, 11) is 0. The van der Waals surface area contributed by atoms with Gasteiger partial charge in [0.15, 0.2) is 0 Å². The molecule has 0 aliphatic heterocycles. The third-order valence-electron chi connectivity index (χ3n) is 2.07. The van der Waals surface area contributed by atoms with Gasteiger partial charge in [-0.15, -0.1) is 34.8 Å². The van der Waals surface area contributed by atoms with Crippen LogP contribution in [0.5, 0.6) is 0 Å². The van der Waals surface area contributed by atoms with E-state index in [9.17, 15) is 14.4 Å². The molecule has 0 N–H and O–H groups in total. The van der Waals surface area contributed by atoms with Crippen LogP contribution in [-0.2, 0) is 28.6 Å². The molecule has 0 unspecified atom stereocenters. The molecule has 0 aromatic rings. The Balaban J connectivity index is 4.51. The molecule has 0 saturated heterocycles. The number of alkyl halides is 3. The van der Waals surface area contributed by atoms with Gasteiger partial charge in [-0.05, 0) is 6.92 Å². The normalized spacial score (nSPS) is 10.8. The van der Waals surface area contributed by atoms with E-state index in [0.717, 1.165) is 0 Å². The molecular formula is C11H15Cl3O6. The zero-order valence-electron chi connectivity index (χ0n) is 10.8. The monoisotopic (exact) mass is 348 g/mol. The summed E-state index contributed by atoms with van der Waals surface area (Å²) >= 11 is 15.9. The van der Waals surface area contributed by atoms with Gasteiger partial charge in [-0.2, -0.15) is 0 Å². The molecule has 0 rings (SSSR count). The van der Waals surface area contributed by atoms with Crippen LogP contribution in [0.15, 0.2) is 0 Å². The van der Waals surface area contributed by atoms with Gasteiger partial charge >= 0.3 is 17.9 Å². The van der Waals surface area contributed by atoms with Crippen molar-refractivity contribution in [2.45, 2.75) is 6.92 Å². The highest BCUT2D eigenvalue weighted by Gasteiger charge is 2.30. The van der Waals surface area contributed by atoms with E-state index >= 15 is 0 Å². The Labute approximate surface area is 131 Å². The number of halogens is 3. The molecule has 0 radical (unpaired) electrons. The topological polar surface area (TPSA) is 78.9 Å². The van der Waals surface area contributed by atoms with Gasteiger partial charge < -0.3 is 14.2 Å². The summed E-state index contributed by atoms with van der Waals surface area (Å²) in [5, 5.41) is 0. The van der Waals surface area contributed by atoms with E-state index in [2.05, 4.69) is 0 Å². The van der Waals surface area contributed by atoms with E-state index in [-0.39, 0.29) is 37.5 Å². The van der Waals surface area contributed by atoms with Crippen molar-refractivity contribution in [2.24, 2.45) is 5.41 Å². The predicted molar refractivity (Wildman–Crippen MR) is 73.1 cm³/mol. The van der Waals surface area contributed by atoms with Crippen molar-refractivity contribution < 1.29 is 28.6 Å². The van der Waals surface area contributed by atoms with Gasteiger partial charge in [-0.1, -0.05) is 0 Å². The van der Waals surface area contributed by atoms with Crippen molar-refractivity contribution in [3.05, 3.63) is 0 Å². The molecule has 0 saturated carbocycles. The summed E-state index contributed by atoms with van der Waals surface area (Å²) in [5.41, 5.74) is -0.912. The molecule has 9 heteroatoms. The number of hydrogen-bond donors (Lipinski definition) is 0. The fourth-order valence-corrected chi connectivity index (χ4v) is 1.24. The largest absolute Gasteiger partial charge is 0.464 e. The van der Waals surface area contributed by atoms with Crippen LogP contribution in [0, 0.1) is 5.41 Å². The number of esters is 3. The Bertz CT molecular complexity index is 297. The molecule has 116 valence electrons. The summed E-state index contributed by atoms with van der Waals surface area (Å²) < 4.78 is 14.6. The molecule has 0 fully saturated rings. The highest BCUT2D eigenvalue weighted by atomic mass is 35.5. The van der Waals surface area contributed by atoms with Gasteiger partial charge in [0.05, 0.1) is 5.41 Å². The van der Waals surface area contributed by atoms with Crippen LogP contribution < -0.4 is 0 Å². The lowest BCUT2D eigenvalue weighted by atomic mass is 9.94. The molecule has 6 nitrogen and oxygen atoms in total. The molecule has 0 aliphatic rings. The molecule has 0 aromatic carbocycles. The second-order valence-electron chi connectivity index (χ2n) is 4.19. The van der Waals surface area contributed by atoms with Crippen molar-refractivity contribution in [3.8, 4) is 0 Å². The summed E-state index contributed by atoms with van der Waals surface area (Å²) in [5.74, 6) is -2.82. The van der Waals surface area contributed by atoms with Crippen LogP contribution in [0.4, 0.5) is 0 Å². The van der Waals surface area contributed by atoms with Crippen LogP contribution in [0.3, 0.4) is 0 Å². The zero-order valence-corrected chi connectivity index (χ0v) is 13.1. The maximum Gasteiger partial charge on any atom is 0.320 e. The van der Waals surface area contributed by atoms with Crippen LogP contribution in [0.1, 0.15) is 6.92 Å². The third kappa shape index (κ3) is 8.45. The minimum Gasteiger partial charge on any atom is -0.464 e. The smallest absolute Gasteiger partial charge is 0.320 e.